The fourth-order valence-electron chi connectivity index (χ4n) is 7.31. The summed E-state index contributed by atoms with van der Waals surface area (Å²) in [5.74, 6) is 0. The molecule has 1 aliphatic rings. The Labute approximate surface area is 281 Å². The van der Waals surface area contributed by atoms with Crippen LogP contribution in [0.1, 0.15) is 17.5 Å². The first kappa shape index (κ1) is 28.1. The molecule has 7 aromatic carbocycles. The molecule has 0 radical (unpaired) electrons. The fraction of sp³-hybridized carbons (Fsp3) is 0.0435. The summed E-state index contributed by atoms with van der Waals surface area (Å²) in [6.07, 6.45) is 6.76. The van der Waals surface area contributed by atoms with Crippen molar-refractivity contribution in [1.29, 1.82) is 0 Å². The lowest BCUT2D eigenvalue weighted by atomic mass is 9.95. The first-order chi connectivity index (χ1) is 23.8. The fourth-order valence-corrected chi connectivity index (χ4v) is 7.31. The summed E-state index contributed by atoms with van der Waals surface area (Å²) in [6.45, 7) is 0. The van der Waals surface area contributed by atoms with Gasteiger partial charge in [-0.25, -0.2) is 0 Å². The zero-order valence-corrected chi connectivity index (χ0v) is 26.6. The van der Waals surface area contributed by atoms with E-state index in [1.807, 2.05) is 0 Å². The number of allylic oxidation sites excluding steroid dienone is 1. The highest BCUT2D eigenvalue weighted by molar-refractivity contribution is 6.09. The normalized spacial score (nSPS) is 12.3. The molecule has 0 unspecified atom stereocenters. The summed E-state index contributed by atoms with van der Waals surface area (Å²) in [5, 5.41) is 2.55. The summed E-state index contributed by atoms with van der Waals surface area (Å²) in [6, 6.07) is 61.6. The van der Waals surface area contributed by atoms with Gasteiger partial charge in [-0.05, 0) is 95.3 Å². The quantitative estimate of drug-likeness (QED) is 0.181. The minimum Gasteiger partial charge on any atom is -0.310 e. The molecule has 0 N–H and O–H groups in total. The predicted molar refractivity (Wildman–Crippen MR) is 204 cm³/mol. The van der Waals surface area contributed by atoms with E-state index in [0.29, 0.717) is 0 Å². The second-order valence-corrected chi connectivity index (χ2v) is 12.5. The molecule has 0 saturated carbocycles. The van der Waals surface area contributed by atoms with Gasteiger partial charge in [-0.1, -0.05) is 127 Å². The van der Waals surface area contributed by atoms with Gasteiger partial charge in [0.05, 0.1) is 16.7 Å². The van der Waals surface area contributed by atoms with E-state index in [1.165, 1.54) is 60.9 Å². The molecule has 0 fully saturated rings. The molecule has 0 saturated heterocycles. The van der Waals surface area contributed by atoms with Crippen molar-refractivity contribution in [3.8, 4) is 27.9 Å². The molecule has 0 aliphatic heterocycles. The minimum absolute atomic E-state index is 1.07. The van der Waals surface area contributed by atoms with Gasteiger partial charge in [0.1, 0.15) is 0 Å². The molecular weight excluding hydrogens is 581 g/mol. The Bertz CT molecular complexity index is 2360. The topological polar surface area (TPSA) is 8.17 Å². The Kier molecular flexibility index (Phi) is 6.98. The number of aryl methyl sites for hydroxylation is 1. The lowest BCUT2D eigenvalue weighted by Crippen LogP contribution is -2.13. The van der Waals surface area contributed by atoms with Crippen LogP contribution in [0.4, 0.5) is 17.1 Å². The number of nitrogens with zero attached hydrogens (tertiary/aromatic N) is 2. The molecule has 0 amide bonds. The molecule has 0 spiro atoms. The molecule has 2 heteroatoms. The highest BCUT2D eigenvalue weighted by Crippen LogP contribution is 2.41. The molecule has 1 aliphatic carbocycles. The molecule has 0 bridgehead atoms. The van der Waals surface area contributed by atoms with Crippen molar-refractivity contribution in [1.82, 2.24) is 4.57 Å². The maximum atomic E-state index is 2.41. The summed E-state index contributed by atoms with van der Waals surface area (Å²) >= 11 is 0. The van der Waals surface area contributed by atoms with Gasteiger partial charge in [0.15, 0.2) is 0 Å². The molecule has 0 atom stereocenters. The Morgan fingerprint density at radius 3 is 1.58 bits per heavy atom. The molecule has 9 rings (SSSR count). The molecular formula is C46H34N2. The molecule has 1 aromatic heterocycles. The number of hydrogen-bond acceptors (Lipinski definition) is 1. The van der Waals surface area contributed by atoms with Crippen molar-refractivity contribution in [3.63, 3.8) is 0 Å². The molecule has 48 heavy (non-hydrogen) atoms. The van der Waals surface area contributed by atoms with Crippen molar-refractivity contribution in [2.45, 2.75) is 12.8 Å². The first-order valence-corrected chi connectivity index (χ1v) is 16.7. The van der Waals surface area contributed by atoms with Gasteiger partial charge in [-0.2, -0.15) is 0 Å². The average molecular weight is 615 g/mol. The third kappa shape index (κ3) is 4.90. The number of aromatic nitrogens is 1. The van der Waals surface area contributed by atoms with Crippen LogP contribution in [0.2, 0.25) is 0 Å². The maximum absolute atomic E-state index is 2.41. The number of fused-ring (bicyclic) bond motifs is 4. The van der Waals surface area contributed by atoms with Gasteiger partial charge in [-0.3, -0.25) is 0 Å². The van der Waals surface area contributed by atoms with Crippen LogP contribution in [0.3, 0.4) is 0 Å². The van der Waals surface area contributed by atoms with Gasteiger partial charge in [0, 0.05) is 33.4 Å². The Morgan fingerprint density at radius 1 is 0.438 bits per heavy atom. The SMILES string of the molecule is C1=Cc2c(cccc2N(c2ccc(-c3ccc(-c4ccccc4)cc3)cc2)c2ccc(-n3c4ccccc4c4ccccc43)cc2)CC1. The van der Waals surface area contributed by atoms with Crippen LogP contribution in [0, 0.1) is 0 Å². The molecule has 1 heterocycles. The van der Waals surface area contributed by atoms with Crippen LogP contribution in [0.15, 0.2) is 176 Å². The largest absolute Gasteiger partial charge is 0.310 e. The van der Waals surface area contributed by atoms with Crippen LogP contribution < -0.4 is 4.90 Å². The number of rotatable bonds is 6. The number of benzene rings is 7. The zero-order chi connectivity index (χ0) is 31.9. The molecule has 8 aromatic rings. The van der Waals surface area contributed by atoms with Crippen LogP contribution in [-0.2, 0) is 6.42 Å². The van der Waals surface area contributed by atoms with Gasteiger partial charge >= 0.3 is 0 Å². The molecule has 228 valence electrons. The van der Waals surface area contributed by atoms with Gasteiger partial charge in [0.2, 0.25) is 0 Å². The third-order valence-corrected chi connectivity index (χ3v) is 9.68. The average Bonchev–Trinajstić information content (AvgIpc) is 3.50. The van der Waals surface area contributed by atoms with Crippen molar-refractivity contribution in [2.24, 2.45) is 0 Å². The number of para-hydroxylation sites is 2. The van der Waals surface area contributed by atoms with E-state index in [-0.39, 0.29) is 0 Å². The van der Waals surface area contributed by atoms with E-state index in [9.17, 15) is 0 Å². The van der Waals surface area contributed by atoms with Gasteiger partial charge in [-0.15, -0.1) is 0 Å². The van der Waals surface area contributed by atoms with Crippen molar-refractivity contribution in [3.05, 3.63) is 187 Å². The Hall–Kier alpha value is -6.12. The first-order valence-electron chi connectivity index (χ1n) is 16.7. The van der Waals surface area contributed by atoms with Crippen LogP contribution >= 0.6 is 0 Å². The highest BCUT2D eigenvalue weighted by atomic mass is 15.1. The van der Waals surface area contributed by atoms with Crippen LogP contribution in [0.25, 0.3) is 55.8 Å². The van der Waals surface area contributed by atoms with Crippen molar-refractivity contribution >= 4 is 44.9 Å². The Morgan fingerprint density at radius 2 is 0.958 bits per heavy atom. The number of anilines is 3. The summed E-state index contributed by atoms with van der Waals surface area (Å²) in [7, 11) is 0. The lowest BCUT2D eigenvalue weighted by molar-refractivity contribution is 0.984. The third-order valence-electron chi connectivity index (χ3n) is 9.68. The Balaban J connectivity index is 1.12. The van der Waals surface area contributed by atoms with E-state index in [1.54, 1.807) is 0 Å². The van der Waals surface area contributed by atoms with E-state index < -0.39 is 0 Å². The van der Waals surface area contributed by atoms with Crippen molar-refractivity contribution in [2.75, 3.05) is 4.90 Å². The minimum atomic E-state index is 1.07. The maximum Gasteiger partial charge on any atom is 0.0541 e. The molecule has 2 nitrogen and oxygen atoms in total. The summed E-state index contributed by atoms with van der Waals surface area (Å²) in [5.41, 5.74) is 14.6. The standard InChI is InChI=1S/C46H34N2/c1-2-11-33(12-3-1)34-21-23-35(24-22-34)36-25-27-38(28-26-36)47(44-20-10-14-37-13-4-5-15-41(37)44)39-29-31-40(32-30-39)48-45-18-8-6-16-42(45)43-17-7-9-19-46(43)48/h1-3,5-12,14-32H,4,13H2. The van der Waals surface area contributed by atoms with Gasteiger partial charge in [0.25, 0.3) is 0 Å². The van der Waals surface area contributed by atoms with Gasteiger partial charge < -0.3 is 9.47 Å². The summed E-state index contributed by atoms with van der Waals surface area (Å²) in [4.78, 5) is 2.41. The van der Waals surface area contributed by atoms with E-state index in [2.05, 4.69) is 191 Å². The monoisotopic (exact) mass is 614 g/mol. The zero-order valence-electron chi connectivity index (χ0n) is 26.6. The second-order valence-electron chi connectivity index (χ2n) is 12.5. The van der Waals surface area contributed by atoms with Crippen molar-refractivity contribution < 1.29 is 0 Å². The smallest absolute Gasteiger partial charge is 0.0541 e. The van der Waals surface area contributed by atoms with E-state index >= 15 is 0 Å². The van der Waals surface area contributed by atoms with E-state index in [4.69, 9.17) is 0 Å². The highest BCUT2D eigenvalue weighted by Gasteiger charge is 2.19. The lowest BCUT2D eigenvalue weighted by Gasteiger charge is -2.29. The second kappa shape index (κ2) is 11.9. The van der Waals surface area contributed by atoms with Crippen LogP contribution in [0.5, 0.6) is 0 Å². The number of hydrogen-bond donors (Lipinski definition) is 0. The van der Waals surface area contributed by atoms with E-state index in [0.717, 1.165) is 29.9 Å². The summed E-state index contributed by atoms with van der Waals surface area (Å²) < 4.78 is 2.38. The predicted octanol–water partition coefficient (Wildman–Crippen LogP) is 12.5. The van der Waals surface area contributed by atoms with Crippen LogP contribution in [-0.4, -0.2) is 4.57 Å².